The molecule has 1 aliphatic heterocycles. The molecule has 9 nitrogen and oxygen atoms in total. The van der Waals surface area contributed by atoms with E-state index in [1.165, 1.54) is 6.33 Å². The quantitative estimate of drug-likeness (QED) is 0.421. The van der Waals surface area contributed by atoms with Crippen molar-refractivity contribution in [1.29, 1.82) is 0 Å². The summed E-state index contributed by atoms with van der Waals surface area (Å²) in [5, 5.41) is 22.9. The lowest BCUT2D eigenvalue weighted by atomic mass is 10.1. The highest BCUT2D eigenvalue weighted by molar-refractivity contribution is 6.33. The Balaban J connectivity index is 1.34. The summed E-state index contributed by atoms with van der Waals surface area (Å²) in [6, 6.07) is 10.8. The van der Waals surface area contributed by atoms with Gasteiger partial charge in [0.1, 0.15) is 53.6 Å². The lowest BCUT2D eigenvalue weighted by Crippen LogP contribution is -2.34. The maximum atomic E-state index is 10.5. The number of hydrogen-bond acceptors (Lipinski definition) is 8. The molecule has 0 unspecified atom stereocenters. The van der Waals surface area contributed by atoms with Crippen molar-refractivity contribution in [2.75, 3.05) is 12.3 Å². The number of pyridine rings is 1. The molecule has 4 N–H and O–H groups in total. The summed E-state index contributed by atoms with van der Waals surface area (Å²) in [6.45, 7) is 0.0392. The fourth-order valence-electron chi connectivity index (χ4n) is 3.62. The van der Waals surface area contributed by atoms with Gasteiger partial charge in [-0.2, -0.15) is 0 Å². The van der Waals surface area contributed by atoms with E-state index in [9.17, 15) is 10.2 Å². The number of nitrogen functional groups attached to an aromatic ring is 1. The number of halogens is 1. The van der Waals surface area contributed by atoms with Gasteiger partial charge in [0.25, 0.3) is 0 Å². The molecular formula is C20H18ClN5O4. The molecule has 0 amide bonds. The van der Waals surface area contributed by atoms with Crippen molar-refractivity contribution in [2.24, 2.45) is 0 Å². The van der Waals surface area contributed by atoms with E-state index < -0.39 is 24.5 Å². The molecule has 3 aromatic heterocycles. The lowest BCUT2D eigenvalue weighted by Gasteiger charge is -2.17. The van der Waals surface area contributed by atoms with Crippen LogP contribution in [0.25, 0.3) is 21.9 Å². The van der Waals surface area contributed by atoms with Gasteiger partial charge in [0.05, 0.1) is 10.9 Å². The molecule has 0 saturated carbocycles. The number of fused-ring (bicyclic) bond motifs is 2. The molecule has 10 heteroatoms. The predicted molar refractivity (Wildman–Crippen MR) is 110 cm³/mol. The number of aliphatic hydroxyl groups is 2. The Morgan fingerprint density at radius 3 is 2.83 bits per heavy atom. The SMILES string of the molecule is Nc1ccc2ccc(OC[C@H]3O[C@@H](n4ccc5c(Cl)ncnc54)[C@H](O)[C@@H]3O)cc2n1. The second kappa shape index (κ2) is 7.37. The highest BCUT2D eigenvalue weighted by Crippen LogP contribution is 2.33. The van der Waals surface area contributed by atoms with E-state index in [1.54, 1.807) is 35.0 Å². The maximum Gasteiger partial charge on any atom is 0.164 e. The van der Waals surface area contributed by atoms with Crippen LogP contribution < -0.4 is 10.5 Å². The minimum absolute atomic E-state index is 0.0392. The van der Waals surface area contributed by atoms with Crippen LogP contribution in [0.1, 0.15) is 6.23 Å². The molecule has 4 heterocycles. The van der Waals surface area contributed by atoms with E-state index in [2.05, 4.69) is 15.0 Å². The van der Waals surface area contributed by atoms with Crippen LogP contribution in [-0.2, 0) is 4.74 Å². The van der Waals surface area contributed by atoms with Crippen molar-refractivity contribution in [3.63, 3.8) is 0 Å². The van der Waals surface area contributed by atoms with Crippen molar-refractivity contribution < 1.29 is 19.7 Å². The number of ether oxygens (including phenoxy) is 2. The Morgan fingerprint density at radius 2 is 1.97 bits per heavy atom. The first kappa shape index (κ1) is 19.0. The van der Waals surface area contributed by atoms with E-state index in [0.29, 0.717) is 33.3 Å². The zero-order valence-corrected chi connectivity index (χ0v) is 16.3. The number of hydrogen-bond donors (Lipinski definition) is 3. The monoisotopic (exact) mass is 427 g/mol. The highest BCUT2D eigenvalue weighted by atomic mass is 35.5. The number of aromatic nitrogens is 4. The molecular weight excluding hydrogens is 410 g/mol. The third-order valence-electron chi connectivity index (χ3n) is 5.17. The number of rotatable bonds is 4. The average Bonchev–Trinajstić information content (AvgIpc) is 3.29. The predicted octanol–water partition coefficient (Wildman–Crippen LogP) is 1.91. The van der Waals surface area contributed by atoms with Crippen LogP contribution >= 0.6 is 11.6 Å². The Kier molecular flexibility index (Phi) is 4.67. The van der Waals surface area contributed by atoms with Crippen LogP contribution in [0.2, 0.25) is 5.15 Å². The van der Waals surface area contributed by atoms with Crippen molar-refractivity contribution in [1.82, 2.24) is 19.5 Å². The Labute approximate surface area is 175 Å². The highest BCUT2D eigenvalue weighted by Gasteiger charge is 2.44. The summed E-state index contributed by atoms with van der Waals surface area (Å²) in [7, 11) is 0. The second-order valence-corrected chi connectivity index (χ2v) is 7.43. The molecule has 1 fully saturated rings. The largest absolute Gasteiger partial charge is 0.491 e. The average molecular weight is 428 g/mol. The van der Waals surface area contributed by atoms with E-state index in [-0.39, 0.29) is 6.61 Å². The molecule has 1 aromatic carbocycles. The Bertz CT molecular complexity index is 1230. The number of benzene rings is 1. The summed E-state index contributed by atoms with van der Waals surface area (Å²) >= 11 is 6.09. The van der Waals surface area contributed by atoms with Crippen molar-refractivity contribution in [2.45, 2.75) is 24.5 Å². The first-order valence-corrected chi connectivity index (χ1v) is 9.67. The first-order valence-electron chi connectivity index (χ1n) is 9.29. The van der Waals surface area contributed by atoms with Crippen LogP contribution in [0.15, 0.2) is 48.9 Å². The van der Waals surface area contributed by atoms with Gasteiger partial charge in [0.2, 0.25) is 0 Å². The normalized spacial score (nSPS) is 24.0. The smallest absolute Gasteiger partial charge is 0.164 e. The molecule has 1 saturated heterocycles. The molecule has 154 valence electrons. The molecule has 1 aliphatic rings. The van der Waals surface area contributed by atoms with Crippen LogP contribution in [-0.4, -0.2) is 54.7 Å². The van der Waals surface area contributed by atoms with Gasteiger partial charge in [-0.3, -0.25) is 0 Å². The minimum Gasteiger partial charge on any atom is -0.491 e. The second-order valence-electron chi connectivity index (χ2n) is 7.07. The van der Waals surface area contributed by atoms with Gasteiger partial charge in [0.15, 0.2) is 6.23 Å². The van der Waals surface area contributed by atoms with Crippen LogP contribution in [0.4, 0.5) is 5.82 Å². The van der Waals surface area contributed by atoms with Gasteiger partial charge < -0.3 is 30.0 Å². The Hall–Kier alpha value is -2.98. The summed E-state index contributed by atoms with van der Waals surface area (Å²) in [5.74, 6) is 0.975. The maximum absolute atomic E-state index is 10.5. The van der Waals surface area contributed by atoms with Gasteiger partial charge in [-0.25, -0.2) is 15.0 Å². The molecule has 0 bridgehead atoms. The van der Waals surface area contributed by atoms with Crippen LogP contribution in [0.5, 0.6) is 5.75 Å². The Morgan fingerprint density at radius 1 is 1.13 bits per heavy atom. The molecule has 0 spiro atoms. The molecule has 0 aliphatic carbocycles. The fraction of sp³-hybridized carbons (Fsp3) is 0.250. The van der Waals surface area contributed by atoms with Crippen LogP contribution in [0, 0.1) is 0 Å². The van der Waals surface area contributed by atoms with Gasteiger partial charge in [0, 0.05) is 17.6 Å². The van der Waals surface area contributed by atoms with Gasteiger partial charge in [-0.1, -0.05) is 11.6 Å². The molecule has 4 atom stereocenters. The molecule has 30 heavy (non-hydrogen) atoms. The number of anilines is 1. The van der Waals surface area contributed by atoms with E-state index in [0.717, 1.165) is 5.39 Å². The van der Waals surface area contributed by atoms with E-state index >= 15 is 0 Å². The van der Waals surface area contributed by atoms with Crippen molar-refractivity contribution in [3.05, 3.63) is 54.1 Å². The van der Waals surface area contributed by atoms with E-state index in [1.807, 2.05) is 12.1 Å². The fourth-order valence-corrected chi connectivity index (χ4v) is 3.81. The standard InChI is InChI=1S/C20H18ClN5O4/c21-18-12-5-6-26(19(12)24-9-23-18)20-17(28)16(27)14(30-20)8-29-11-3-1-10-2-4-15(22)25-13(10)7-11/h1-7,9,14,16-17,20,27-28H,8H2,(H2,22,25)/t14-,16-,17-,20-/m1/s1. The summed E-state index contributed by atoms with van der Waals surface area (Å²) in [6.07, 6.45) is -0.867. The summed E-state index contributed by atoms with van der Waals surface area (Å²) in [4.78, 5) is 12.4. The van der Waals surface area contributed by atoms with Gasteiger partial charge in [-0.05, 0) is 30.3 Å². The molecule has 0 radical (unpaired) electrons. The molecule has 5 rings (SSSR count). The lowest BCUT2D eigenvalue weighted by molar-refractivity contribution is -0.0471. The third kappa shape index (κ3) is 3.21. The minimum atomic E-state index is -1.17. The topological polar surface area (TPSA) is 129 Å². The third-order valence-corrected chi connectivity index (χ3v) is 5.47. The zero-order chi connectivity index (χ0) is 20.8. The number of aliphatic hydroxyl groups excluding tert-OH is 2. The summed E-state index contributed by atoms with van der Waals surface area (Å²) < 4.78 is 13.3. The van der Waals surface area contributed by atoms with E-state index in [4.69, 9.17) is 26.8 Å². The van der Waals surface area contributed by atoms with Gasteiger partial charge in [-0.15, -0.1) is 0 Å². The van der Waals surface area contributed by atoms with Crippen molar-refractivity contribution in [3.8, 4) is 5.75 Å². The number of nitrogens with zero attached hydrogens (tertiary/aromatic N) is 4. The van der Waals surface area contributed by atoms with Crippen LogP contribution in [0.3, 0.4) is 0 Å². The number of nitrogens with two attached hydrogens (primary N) is 1. The molecule has 4 aromatic rings. The zero-order valence-electron chi connectivity index (χ0n) is 15.6. The summed E-state index contributed by atoms with van der Waals surface area (Å²) in [5.41, 5.74) is 6.95. The first-order chi connectivity index (χ1) is 14.5. The van der Waals surface area contributed by atoms with Gasteiger partial charge >= 0.3 is 0 Å². The van der Waals surface area contributed by atoms with Crippen molar-refractivity contribution >= 4 is 39.4 Å².